The minimum Gasteiger partial charge on any atom is -0.480 e. The zero-order valence-corrected chi connectivity index (χ0v) is 23.3. The number of unbranched alkanes of at least 4 members (excludes halogenated alkanes) is 1. The fourth-order valence-electron chi connectivity index (χ4n) is 4.43. The maximum absolute atomic E-state index is 13.3. The zero-order valence-electron chi connectivity index (χ0n) is 23.3. The molecule has 0 spiro atoms. The van der Waals surface area contributed by atoms with Crippen LogP contribution in [0.2, 0.25) is 0 Å². The van der Waals surface area contributed by atoms with Gasteiger partial charge in [-0.2, -0.15) is 0 Å². The molecule has 0 radical (unpaired) electrons. The Bertz CT molecular complexity index is 1110. The van der Waals surface area contributed by atoms with E-state index in [1.54, 1.807) is 20.0 Å². The van der Waals surface area contributed by atoms with Crippen LogP contribution in [0.5, 0.6) is 0 Å². The molecule has 11 nitrogen and oxygen atoms in total. The van der Waals surface area contributed by atoms with Crippen molar-refractivity contribution in [2.24, 2.45) is 23.3 Å². The van der Waals surface area contributed by atoms with E-state index in [0.29, 0.717) is 32.2 Å². The van der Waals surface area contributed by atoms with Gasteiger partial charge in [0, 0.05) is 23.5 Å². The van der Waals surface area contributed by atoms with Gasteiger partial charge in [0.15, 0.2) is 0 Å². The Morgan fingerprint density at radius 2 is 1.59 bits per heavy atom. The molecule has 0 saturated carbocycles. The van der Waals surface area contributed by atoms with Crippen LogP contribution in [0.15, 0.2) is 30.5 Å². The van der Waals surface area contributed by atoms with Crippen molar-refractivity contribution < 1.29 is 24.3 Å². The van der Waals surface area contributed by atoms with Gasteiger partial charge in [0.1, 0.15) is 18.1 Å². The number of carboxylic acid groups (broad SMARTS) is 1. The minimum atomic E-state index is -1.20. The lowest BCUT2D eigenvalue weighted by Crippen LogP contribution is -2.58. The van der Waals surface area contributed by atoms with Crippen LogP contribution >= 0.6 is 0 Å². The first-order valence-electron chi connectivity index (χ1n) is 13.6. The number of amides is 3. The smallest absolute Gasteiger partial charge is 0.326 e. The predicted octanol–water partition coefficient (Wildman–Crippen LogP) is 1.41. The third-order valence-electron chi connectivity index (χ3n) is 6.60. The maximum Gasteiger partial charge on any atom is 0.326 e. The number of para-hydroxylation sites is 1. The molecule has 0 saturated heterocycles. The van der Waals surface area contributed by atoms with Crippen LogP contribution in [0.4, 0.5) is 0 Å². The quantitative estimate of drug-likeness (QED) is 0.155. The summed E-state index contributed by atoms with van der Waals surface area (Å²) in [7, 11) is 0. The lowest BCUT2D eigenvalue weighted by Gasteiger charge is -2.27. The average Bonchev–Trinajstić information content (AvgIpc) is 3.28. The second-order valence-electron chi connectivity index (χ2n) is 10.8. The summed E-state index contributed by atoms with van der Waals surface area (Å²) in [5, 5.41) is 18.7. The lowest BCUT2D eigenvalue weighted by atomic mass is 9.99. The summed E-state index contributed by atoms with van der Waals surface area (Å²) in [6.45, 7) is 7.85. The number of aromatic nitrogens is 1. The molecule has 4 unspecified atom stereocenters. The number of aromatic amines is 1. The largest absolute Gasteiger partial charge is 0.480 e. The monoisotopic (exact) mass is 544 g/mol. The number of hydrogen-bond acceptors (Lipinski definition) is 6. The standard InChI is InChI=1S/C28H44N6O5/c1-16(2)13-20(30)25(35)32-22(11-7-8-12-29)26(36)34-24(17(3)4)27(37)33-23(28(38)39)14-18-15-31-21-10-6-5-9-19(18)21/h5-6,9-10,15-17,20,22-24,31H,7-8,11-14,29-30H2,1-4H3,(H,32,35)(H,33,37)(H,34,36)(H,38,39). The first-order chi connectivity index (χ1) is 18.4. The molecular formula is C28H44N6O5. The second kappa shape index (κ2) is 15.2. The molecule has 0 aliphatic rings. The number of aliphatic carboxylic acids is 1. The summed E-state index contributed by atoms with van der Waals surface area (Å²) in [5.41, 5.74) is 13.2. The lowest BCUT2D eigenvalue weighted by molar-refractivity contribution is -0.142. The molecule has 0 fully saturated rings. The zero-order chi connectivity index (χ0) is 29.1. The van der Waals surface area contributed by atoms with E-state index in [-0.39, 0.29) is 18.3 Å². The second-order valence-corrected chi connectivity index (χ2v) is 10.8. The molecule has 1 aromatic carbocycles. The van der Waals surface area contributed by atoms with Crippen molar-refractivity contribution in [1.82, 2.24) is 20.9 Å². The van der Waals surface area contributed by atoms with Crippen LogP contribution in [-0.4, -0.2) is 64.5 Å². The van der Waals surface area contributed by atoms with Crippen molar-refractivity contribution in [3.63, 3.8) is 0 Å². The first-order valence-corrected chi connectivity index (χ1v) is 13.6. The van der Waals surface area contributed by atoms with E-state index in [1.807, 2.05) is 38.1 Å². The van der Waals surface area contributed by atoms with Crippen LogP contribution in [0.1, 0.15) is 58.9 Å². The number of carbonyl (C=O) groups excluding carboxylic acids is 3. The van der Waals surface area contributed by atoms with Gasteiger partial charge < -0.3 is 37.5 Å². The Hall–Kier alpha value is -3.44. The number of carboxylic acids is 1. The van der Waals surface area contributed by atoms with E-state index in [2.05, 4.69) is 20.9 Å². The number of benzene rings is 1. The van der Waals surface area contributed by atoms with E-state index in [9.17, 15) is 24.3 Å². The molecule has 39 heavy (non-hydrogen) atoms. The van der Waals surface area contributed by atoms with Gasteiger partial charge in [-0.1, -0.05) is 45.9 Å². The van der Waals surface area contributed by atoms with Crippen molar-refractivity contribution in [3.05, 3.63) is 36.0 Å². The molecule has 4 atom stereocenters. The van der Waals surface area contributed by atoms with Crippen molar-refractivity contribution >= 4 is 34.6 Å². The summed E-state index contributed by atoms with van der Waals surface area (Å²) in [6.07, 6.45) is 3.85. The molecule has 0 aliphatic heterocycles. The third-order valence-corrected chi connectivity index (χ3v) is 6.60. The van der Waals surface area contributed by atoms with Gasteiger partial charge in [-0.05, 0) is 55.7 Å². The fraction of sp³-hybridized carbons (Fsp3) is 0.571. The number of hydrogen-bond donors (Lipinski definition) is 7. The molecule has 2 rings (SSSR count). The fourth-order valence-corrected chi connectivity index (χ4v) is 4.43. The molecule has 0 bridgehead atoms. The molecule has 3 amide bonds. The molecule has 0 aliphatic carbocycles. The van der Waals surface area contributed by atoms with Crippen LogP contribution in [0.25, 0.3) is 10.9 Å². The van der Waals surface area contributed by atoms with Gasteiger partial charge in [-0.15, -0.1) is 0 Å². The Morgan fingerprint density at radius 1 is 0.923 bits per heavy atom. The molecule has 1 aromatic heterocycles. The number of rotatable bonds is 16. The normalized spacial score (nSPS) is 14.6. The molecule has 11 heteroatoms. The Kier molecular flexibility index (Phi) is 12.4. The highest BCUT2D eigenvalue weighted by Crippen LogP contribution is 2.19. The van der Waals surface area contributed by atoms with E-state index in [4.69, 9.17) is 11.5 Å². The van der Waals surface area contributed by atoms with Crippen LogP contribution in [0.3, 0.4) is 0 Å². The van der Waals surface area contributed by atoms with E-state index < -0.39 is 47.9 Å². The maximum atomic E-state index is 13.3. The third kappa shape index (κ3) is 9.67. The number of carbonyl (C=O) groups is 4. The summed E-state index contributed by atoms with van der Waals surface area (Å²) >= 11 is 0. The minimum absolute atomic E-state index is 0.0648. The van der Waals surface area contributed by atoms with Gasteiger partial charge in [0.25, 0.3) is 0 Å². The summed E-state index contributed by atoms with van der Waals surface area (Å²) in [4.78, 5) is 54.3. The van der Waals surface area contributed by atoms with Gasteiger partial charge in [-0.25, -0.2) is 4.79 Å². The van der Waals surface area contributed by atoms with Crippen molar-refractivity contribution in [1.29, 1.82) is 0 Å². The highest BCUT2D eigenvalue weighted by Gasteiger charge is 2.32. The van der Waals surface area contributed by atoms with Gasteiger partial charge in [0.05, 0.1) is 6.04 Å². The molecule has 216 valence electrons. The van der Waals surface area contributed by atoms with Gasteiger partial charge in [0.2, 0.25) is 17.7 Å². The van der Waals surface area contributed by atoms with Crippen molar-refractivity contribution in [2.45, 2.75) is 84.0 Å². The first kappa shape index (κ1) is 31.8. The molecule has 9 N–H and O–H groups in total. The van der Waals surface area contributed by atoms with Gasteiger partial charge in [-0.3, -0.25) is 14.4 Å². The molecule has 1 heterocycles. The van der Waals surface area contributed by atoms with E-state index in [1.165, 1.54) is 0 Å². The highest BCUT2D eigenvalue weighted by atomic mass is 16.4. The number of H-pyrrole nitrogens is 1. The molecular weight excluding hydrogens is 500 g/mol. The predicted molar refractivity (Wildman–Crippen MR) is 151 cm³/mol. The van der Waals surface area contributed by atoms with Crippen LogP contribution in [0, 0.1) is 11.8 Å². The van der Waals surface area contributed by atoms with Crippen LogP contribution < -0.4 is 27.4 Å². The molecule has 2 aromatic rings. The van der Waals surface area contributed by atoms with Gasteiger partial charge >= 0.3 is 5.97 Å². The Labute approximate surface area is 229 Å². The highest BCUT2D eigenvalue weighted by molar-refractivity contribution is 5.94. The Balaban J connectivity index is 2.14. The summed E-state index contributed by atoms with van der Waals surface area (Å²) in [6, 6.07) is 3.61. The summed E-state index contributed by atoms with van der Waals surface area (Å²) < 4.78 is 0. The van der Waals surface area contributed by atoms with Crippen molar-refractivity contribution in [2.75, 3.05) is 6.54 Å². The Morgan fingerprint density at radius 3 is 2.21 bits per heavy atom. The summed E-state index contributed by atoms with van der Waals surface area (Å²) in [5.74, 6) is -2.92. The van der Waals surface area contributed by atoms with Crippen molar-refractivity contribution in [3.8, 4) is 0 Å². The average molecular weight is 545 g/mol. The van der Waals surface area contributed by atoms with Crippen LogP contribution in [-0.2, 0) is 25.6 Å². The number of nitrogens with one attached hydrogen (secondary N) is 4. The SMILES string of the molecule is CC(C)CC(N)C(=O)NC(CCCCN)C(=O)NC(C(=O)NC(Cc1c[nH]c2ccccc12)C(=O)O)C(C)C. The van der Waals surface area contributed by atoms with E-state index >= 15 is 0 Å². The number of fused-ring (bicyclic) bond motifs is 1. The topological polar surface area (TPSA) is 192 Å². The number of nitrogens with two attached hydrogens (primary N) is 2. The van der Waals surface area contributed by atoms with E-state index in [0.717, 1.165) is 16.5 Å².